The van der Waals surface area contributed by atoms with Gasteiger partial charge in [0.1, 0.15) is 0 Å². The Bertz CT molecular complexity index is 435. The Morgan fingerprint density at radius 2 is 2.35 bits per heavy atom. The number of β-amino-alcohol motifs (C(OH)–C–C–N with tert-alkyl or cyclic N) is 1. The predicted octanol–water partition coefficient (Wildman–Crippen LogP) is 1.17. The Kier molecular flexibility index (Phi) is 3.14. The van der Waals surface area contributed by atoms with Crippen LogP contribution >= 0.6 is 0 Å². The van der Waals surface area contributed by atoms with Crippen molar-refractivity contribution >= 4 is 11.4 Å². The van der Waals surface area contributed by atoms with Gasteiger partial charge in [0, 0.05) is 30.9 Å². The minimum atomic E-state index is -0.471. The first-order chi connectivity index (χ1) is 8.11. The molecule has 1 aromatic carbocycles. The molecular weight excluding hydrogens is 224 g/mol. The fourth-order valence-corrected chi connectivity index (χ4v) is 1.99. The SMILES string of the molecule is COc1cc(N2CC[C@@H](O)C2)ccc1[N+](=O)[O-]. The van der Waals surface area contributed by atoms with Crippen molar-refractivity contribution in [2.24, 2.45) is 0 Å². The van der Waals surface area contributed by atoms with Crippen LogP contribution in [0, 0.1) is 10.1 Å². The fourth-order valence-electron chi connectivity index (χ4n) is 1.99. The molecule has 17 heavy (non-hydrogen) atoms. The largest absolute Gasteiger partial charge is 0.490 e. The highest BCUT2D eigenvalue weighted by atomic mass is 16.6. The van der Waals surface area contributed by atoms with Gasteiger partial charge >= 0.3 is 5.69 Å². The number of hydrogen-bond donors (Lipinski definition) is 1. The van der Waals surface area contributed by atoms with Gasteiger partial charge in [-0.1, -0.05) is 0 Å². The Morgan fingerprint density at radius 3 is 2.88 bits per heavy atom. The van der Waals surface area contributed by atoms with Crippen molar-refractivity contribution in [3.8, 4) is 5.75 Å². The minimum absolute atomic E-state index is 0.0454. The van der Waals surface area contributed by atoms with Gasteiger partial charge in [0.2, 0.25) is 0 Å². The molecule has 6 nitrogen and oxygen atoms in total. The molecule has 0 spiro atoms. The minimum Gasteiger partial charge on any atom is -0.490 e. The van der Waals surface area contributed by atoms with Crippen LogP contribution in [0.2, 0.25) is 0 Å². The summed E-state index contributed by atoms with van der Waals surface area (Å²) in [5.41, 5.74) is 0.792. The first-order valence-corrected chi connectivity index (χ1v) is 5.37. The Hall–Kier alpha value is -1.82. The molecule has 1 aliphatic rings. The van der Waals surface area contributed by atoms with Crippen molar-refractivity contribution in [3.05, 3.63) is 28.3 Å². The maximum atomic E-state index is 10.7. The second-order valence-electron chi connectivity index (χ2n) is 4.00. The molecule has 0 aliphatic carbocycles. The van der Waals surface area contributed by atoms with Crippen LogP contribution in [0.4, 0.5) is 11.4 Å². The summed E-state index contributed by atoms with van der Waals surface area (Å²) in [4.78, 5) is 12.2. The summed E-state index contributed by atoms with van der Waals surface area (Å²) >= 11 is 0. The van der Waals surface area contributed by atoms with Crippen molar-refractivity contribution in [2.75, 3.05) is 25.1 Å². The number of ether oxygens (including phenoxy) is 1. The van der Waals surface area contributed by atoms with Crippen molar-refractivity contribution < 1.29 is 14.8 Å². The summed E-state index contributed by atoms with van der Waals surface area (Å²) in [5, 5.41) is 20.2. The standard InChI is InChI=1S/C11H14N2O4/c1-17-11-6-8(2-3-10(11)13(15)16)12-5-4-9(14)7-12/h2-3,6,9,14H,4-5,7H2,1H3/t9-/m1/s1. The quantitative estimate of drug-likeness (QED) is 0.632. The summed E-state index contributed by atoms with van der Waals surface area (Å²) in [6.45, 7) is 1.31. The van der Waals surface area contributed by atoms with Crippen LogP contribution < -0.4 is 9.64 Å². The van der Waals surface area contributed by atoms with Gasteiger partial charge in [-0.3, -0.25) is 10.1 Å². The van der Waals surface area contributed by atoms with Crippen LogP contribution in [0.25, 0.3) is 0 Å². The lowest BCUT2D eigenvalue weighted by molar-refractivity contribution is -0.385. The predicted molar refractivity (Wildman–Crippen MR) is 62.5 cm³/mol. The van der Waals surface area contributed by atoms with Crippen LogP contribution in [0.5, 0.6) is 5.75 Å². The molecule has 1 heterocycles. The first-order valence-electron chi connectivity index (χ1n) is 5.37. The number of rotatable bonds is 3. The Morgan fingerprint density at radius 1 is 1.59 bits per heavy atom. The van der Waals surface area contributed by atoms with Gasteiger partial charge in [0.25, 0.3) is 0 Å². The maximum Gasteiger partial charge on any atom is 0.311 e. The summed E-state index contributed by atoms with van der Waals surface area (Å²) in [6, 6.07) is 4.74. The summed E-state index contributed by atoms with van der Waals surface area (Å²) in [5.74, 6) is 0.244. The van der Waals surface area contributed by atoms with Crippen LogP contribution in [-0.2, 0) is 0 Å². The van der Waals surface area contributed by atoms with Crippen molar-refractivity contribution in [1.82, 2.24) is 0 Å². The van der Waals surface area contributed by atoms with E-state index in [4.69, 9.17) is 4.74 Å². The lowest BCUT2D eigenvalue weighted by Gasteiger charge is -2.18. The van der Waals surface area contributed by atoms with E-state index in [0.29, 0.717) is 6.54 Å². The molecule has 1 saturated heterocycles. The third-order valence-electron chi connectivity index (χ3n) is 2.89. The molecule has 0 bridgehead atoms. The molecule has 1 aromatic rings. The topological polar surface area (TPSA) is 75.8 Å². The van der Waals surface area contributed by atoms with Gasteiger partial charge in [0.05, 0.1) is 18.1 Å². The second-order valence-corrected chi connectivity index (χ2v) is 4.00. The number of anilines is 1. The molecule has 2 rings (SSSR count). The van der Waals surface area contributed by atoms with E-state index < -0.39 is 4.92 Å². The van der Waals surface area contributed by atoms with E-state index in [9.17, 15) is 15.2 Å². The van der Waals surface area contributed by atoms with Gasteiger partial charge < -0.3 is 14.7 Å². The number of methoxy groups -OCH3 is 1. The average molecular weight is 238 g/mol. The summed E-state index contributed by atoms with van der Waals surface area (Å²) < 4.78 is 5.00. The molecule has 1 atom stereocenters. The Balaban J connectivity index is 2.28. The van der Waals surface area contributed by atoms with Gasteiger partial charge in [-0.15, -0.1) is 0 Å². The number of aliphatic hydroxyl groups is 1. The highest BCUT2D eigenvalue weighted by Gasteiger charge is 2.23. The van der Waals surface area contributed by atoms with E-state index >= 15 is 0 Å². The number of nitrogens with zero attached hydrogens (tertiary/aromatic N) is 2. The van der Waals surface area contributed by atoms with E-state index in [1.165, 1.54) is 13.2 Å². The molecule has 6 heteroatoms. The normalized spacial score (nSPS) is 19.4. The Labute approximate surface area is 98.6 Å². The van der Waals surface area contributed by atoms with Crippen molar-refractivity contribution in [3.63, 3.8) is 0 Å². The van der Waals surface area contributed by atoms with E-state index in [0.717, 1.165) is 18.7 Å². The lowest BCUT2D eigenvalue weighted by Crippen LogP contribution is -2.21. The van der Waals surface area contributed by atoms with E-state index in [-0.39, 0.29) is 17.5 Å². The zero-order valence-electron chi connectivity index (χ0n) is 9.50. The van der Waals surface area contributed by atoms with Crippen molar-refractivity contribution in [2.45, 2.75) is 12.5 Å². The van der Waals surface area contributed by atoms with Crippen LogP contribution in [0.3, 0.4) is 0 Å². The monoisotopic (exact) mass is 238 g/mol. The first kappa shape index (κ1) is 11.7. The van der Waals surface area contributed by atoms with Gasteiger partial charge in [-0.25, -0.2) is 0 Å². The molecule has 0 saturated carbocycles. The molecule has 1 fully saturated rings. The van der Waals surface area contributed by atoms with Crippen LogP contribution in [-0.4, -0.2) is 36.3 Å². The highest BCUT2D eigenvalue weighted by Crippen LogP contribution is 2.32. The molecule has 1 aliphatic heterocycles. The number of aliphatic hydroxyl groups excluding tert-OH is 1. The van der Waals surface area contributed by atoms with Gasteiger partial charge in [-0.2, -0.15) is 0 Å². The lowest BCUT2D eigenvalue weighted by atomic mass is 10.2. The zero-order chi connectivity index (χ0) is 12.4. The average Bonchev–Trinajstić information content (AvgIpc) is 2.75. The summed E-state index contributed by atoms with van der Waals surface area (Å²) in [7, 11) is 1.41. The number of benzene rings is 1. The van der Waals surface area contributed by atoms with Crippen molar-refractivity contribution in [1.29, 1.82) is 0 Å². The van der Waals surface area contributed by atoms with Gasteiger partial charge in [0.15, 0.2) is 5.75 Å². The zero-order valence-corrected chi connectivity index (χ0v) is 9.50. The highest BCUT2D eigenvalue weighted by molar-refractivity contribution is 5.59. The molecule has 0 unspecified atom stereocenters. The molecule has 1 N–H and O–H groups in total. The molecule has 0 amide bonds. The maximum absolute atomic E-state index is 10.7. The number of nitro benzene ring substituents is 1. The van der Waals surface area contributed by atoms with E-state index in [1.807, 2.05) is 4.90 Å². The summed E-state index contributed by atoms with van der Waals surface area (Å²) in [6.07, 6.45) is 0.399. The molecular formula is C11H14N2O4. The van der Waals surface area contributed by atoms with E-state index in [1.54, 1.807) is 12.1 Å². The molecule has 92 valence electrons. The smallest absolute Gasteiger partial charge is 0.311 e. The third-order valence-corrected chi connectivity index (χ3v) is 2.89. The van der Waals surface area contributed by atoms with Crippen LogP contribution in [0.15, 0.2) is 18.2 Å². The fraction of sp³-hybridized carbons (Fsp3) is 0.455. The molecule has 0 radical (unpaired) electrons. The van der Waals surface area contributed by atoms with Gasteiger partial charge in [-0.05, 0) is 12.5 Å². The number of hydrogen-bond acceptors (Lipinski definition) is 5. The van der Waals surface area contributed by atoms with Crippen LogP contribution in [0.1, 0.15) is 6.42 Å². The second kappa shape index (κ2) is 4.58. The number of nitro groups is 1. The van der Waals surface area contributed by atoms with E-state index in [2.05, 4.69) is 0 Å². The third kappa shape index (κ3) is 2.31. The molecule has 0 aromatic heterocycles.